The molecule has 0 aromatic rings. The summed E-state index contributed by atoms with van der Waals surface area (Å²) in [4.78, 5) is 56.5. The summed E-state index contributed by atoms with van der Waals surface area (Å²) < 4.78 is 34.7. The van der Waals surface area contributed by atoms with E-state index in [1.165, 1.54) is 77.0 Å². The van der Waals surface area contributed by atoms with Crippen molar-refractivity contribution in [3.8, 4) is 0 Å². The molecule has 2 unspecified atom stereocenters. The van der Waals surface area contributed by atoms with E-state index in [4.69, 9.17) is 28.4 Å². The van der Waals surface area contributed by atoms with Crippen molar-refractivity contribution in [1.29, 1.82) is 0 Å². The first-order valence-corrected chi connectivity index (χ1v) is 30.5. The Hall–Kier alpha value is -2.60. The molecule has 0 rings (SSSR count). The van der Waals surface area contributed by atoms with Crippen LogP contribution in [0, 0.1) is 11.8 Å². The summed E-state index contributed by atoms with van der Waals surface area (Å²) in [6, 6.07) is 0. The maximum atomic E-state index is 13.1. The van der Waals surface area contributed by atoms with Crippen LogP contribution in [-0.4, -0.2) is 112 Å². The lowest BCUT2D eigenvalue weighted by Crippen LogP contribution is -2.34. The summed E-state index contributed by atoms with van der Waals surface area (Å²) in [6.45, 7) is 23.6. The predicted molar refractivity (Wildman–Crippen MR) is 297 cm³/mol. The van der Waals surface area contributed by atoms with E-state index in [-0.39, 0.29) is 37.4 Å². The standard InChI is InChI=1S/C60H116N2O10/c1-9-17-23-29-39-55(41-33-43-57(63)69-51-53(35-25-19-11-3)36-26-20-12-4)71-59(65)67-49-47-62(46-32-31-45-61(15-7)16-8)48-50-68-60(66)72-56(40-30-24-18-10-2)42-34-44-58(64)70-52-54(37-27-21-13-5)38-28-22-14-6/h53-56H,9-52H2,1-8H3. The Kier molecular flexibility index (Phi) is 50.0. The average molecular weight is 1030 g/mol. The molecule has 0 amide bonds. The molecular weight excluding hydrogens is 909 g/mol. The second-order valence-corrected chi connectivity index (χ2v) is 20.8. The number of ether oxygens (including phenoxy) is 6. The summed E-state index contributed by atoms with van der Waals surface area (Å²) in [5, 5.41) is 0. The molecule has 0 aromatic carbocycles. The molecule has 0 aromatic heterocycles. The van der Waals surface area contributed by atoms with Gasteiger partial charge in [0.1, 0.15) is 25.4 Å². The first kappa shape index (κ1) is 69.4. The van der Waals surface area contributed by atoms with Crippen LogP contribution in [0.2, 0.25) is 0 Å². The van der Waals surface area contributed by atoms with Crippen molar-refractivity contribution in [3.63, 3.8) is 0 Å². The highest BCUT2D eigenvalue weighted by molar-refractivity contribution is 5.69. The molecule has 0 spiro atoms. The number of esters is 2. The van der Waals surface area contributed by atoms with Crippen LogP contribution >= 0.6 is 0 Å². The normalized spacial score (nSPS) is 12.4. The van der Waals surface area contributed by atoms with E-state index in [1.807, 2.05) is 0 Å². The molecule has 12 nitrogen and oxygen atoms in total. The van der Waals surface area contributed by atoms with Gasteiger partial charge in [-0.3, -0.25) is 14.5 Å². The third-order valence-electron chi connectivity index (χ3n) is 14.3. The molecule has 72 heavy (non-hydrogen) atoms. The molecule has 0 aliphatic carbocycles. The minimum Gasteiger partial charge on any atom is -0.465 e. The lowest BCUT2D eigenvalue weighted by molar-refractivity contribution is -0.146. The molecule has 0 N–H and O–H groups in total. The molecule has 0 heterocycles. The number of hydrogen-bond acceptors (Lipinski definition) is 12. The fourth-order valence-corrected chi connectivity index (χ4v) is 9.39. The SMILES string of the molecule is CCCCCCC(CCCC(=O)OCC(CCCCC)CCCCC)OC(=O)OCCN(CCCCN(CC)CC)CCOC(=O)OC(CCCCCC)CCCC(=O)OCC(CCCCC)CCCCC. The summed E-state index contributed by atoms with van der Waals surface area (Å²) in [5.41, 5.74) is 0. The second kappa shape index (κ2) is 51.9. The monoisotopic (exact) mass is 1020 g/mol. The van der Waals surface area contributed by atoms with Crippen molar-refractivity contribution in [2.24, 2.45) is 11.8 Å². The van der Waals surface area contributed by atoms with E-state index in [0.29, 0.717) is 76.7 Å². The molecule has 0 fully saturated rings. The number of carbonyl (C=O) groups is 4. The van der Waals surface area contributed by atoms with E-state index in [9.17, 15) is 19.2 Å². The third kappa shape index (κ3) is 43.8. The van der Waals surface area contributed by atoms with Crippen LogP contribution in [0.1, 0.15) is 274 Å². The molecule has 0 aliphatic heterocycles. The predicted octanol–water partition coefficient (Wildman–Crippen LogP) is 16.4. The number of carbonyl (C=O) groups excluding carboxylic acids is 4. The summed E-state index contributed by atoms with van der Waals surface area (Å²) in [5.74, 6) is 0.517. The van der Waals surface area contributed by atoms with Crippen LogP contribution in [-0.2, 0) is 38.0 Å². The van der Waals surface area contributed by atoms with Crippen molar-refractivity contribution in [3.05, 3.63) is 0 Å². The first-order chi connectivity index (χ1) is 35.1. The van der Waals surface area contributed by atoms with Gasteiger partial charge in [0, 0.05) is 25.9 Å². The van der Waals surface area contributed by atoms with E-state index >= 15 is 0 Å². The fraction of sp³-hybridized carbons (Fsp3) is 0.933. The Labute approximate surface area is 443 Å². The van der Waals surface area contributed by atoms with Crippen LogP contribution < -0.4 is 0 Å². The van der Waals surface area contributed by atoms with Gasteiger partial charge in [0.25, 0.3) is 0 Å². The van der Waals surface area contributed by atoms with Crippen molar-refractivity contribution >= 4 is 24.2 Å². The van der Waals surface area contributed by atoms with Crippen molar-refractivity contribution < 1.29 is 47.6 Å². The van der Waals surface area contributed by atoms with Gasteiger partial charge in [0.05, 0.1) is 13.2 Å². The number of rotatable bonds is 53. The molecule has 426 valence electrons. The smallest absolute Gasteiger partial charge is 0.465 e. The fourth-order valence-electron chi connectivity index (χ4n) is 9.39. The van der Waals surface area contributed by atoms with Crippen molar-refractivity contribution in [2.75, 3.05) is 65.7 Å². The molecule has 0 aliphatic rings. The van der Waals surface area contributed by atoms with E-state index in [1.54, 1.807) is 0 Å². The number of hydrogen-bond donors (Lipinski definition) is 0. The highest BCUT2D eigenvalue weighted by Crippen LogP contribution is 2.22. The van der Waals surface area contributed by atoms with Crippen LogP contribution in [0.15, 0.2) is 0 Å². The van der Waals surface area contributed by atoms with Gasteiger partial charge in [-0.2, -0.15) is 0 Å². The van der Waals surface area contributed by atoms with E-state index in [0.717, 1.165) is 129 Å². The van der Waals surface area contributed by atoms with Crippen molar-refractivity contribution in [2.45, 2.75) is 286 Å². The zero-order valence-corrected chi connectivity index (χ0v) is 48.4. The molecule has 0 saturated carbocycles. The number of unbranched alkanes of at least 4 members (excludes halogenated alkanes) is 15. The highest BCUT2D eigenvalue weighted by Gasteiger charge is 2.21. The topological polar surface area (TPSA) is 130 Å². The first-order valence-electron chi connectivity index (χ1n) is 30.5. The largest absolute Gasteiger partial charge is 0.508 e. The van der Waals surface area contributed by atoms with Gasteiger partial charge >= 0.3 is 24.2 Å². The molecule has 0 bridgehead atoms. The maximum Gasteiger partial charge on any atom is 0.508 e. The van der Waals surface area contributed by atoms with Crippen LogP contribution in [0.5, 0.6) is 0 Å². The molecule has 0 saturated heterocycles. The minimum absolute atomic E-state index is 0.145. The maximum absolute atomic E-state index is 13.1. The Balaban J connectivity index is 5.34. The minimum atomic E-state index is -0.686. The Morgan fingerprint density at radius 3 is 1.00 bits per heavy atom. The van der Waals surface area contributed by atoms with Gasteiger partial charge in [-0.1, -0.05) is 171 Å². The second-order valence-electron chi connectivity index (χ2n) is 20.8. The Morgan fingerprint density at radius 1 is 0.333 bits per heavy atom. The lowest BCUT2D eigenvalue weighted by Gasteiger charge is -2.24. The molecule has 2 atom stereocenters. The van der Waals surface area contributed by atoms with Gasteiger partial charge in [-0.05, 0) is 128 Å². The van der Waals surface area contributed by atoms with Crippen LogP contribution in [0.25, 0.3) is 0 Å². The summed E-state index contributed by atoms with van der Waals surface area (Å²) in [7, 11) is 0. The number of nitrogens with zero attached hydrogens (tertiary/aromatic N) is 2. The zero-order chi connectivity index (χ0) is 53.1. The zero-order valence-electron chi connectivity index (χ0n) is 48.4. The molecular formula is C60H116N2O10. The highest BCUT2D eigenvalue weighted by atomic mass is 16.7. The third-order valence-corrected chi connectivity index (χ3v) is 14.3. The van der Waals surface area contributed by atoms with Gasteiger partial charge in [-0.25, -0.2) is 9.59 Å². The summed E-state index contributed by atoms with van der Waals surface area (Å²) >= 11 is 0. The quantitative estimate of drug-likeness (QED) is 0.0327. The van der Waals surface area contributed by atoms with Gasteiger partial charge in [0.2, 0.25) is 0 Å². The van der Waals surface area contributed by atoms with Gasteiger partial charge in [-0.15, -0.1) is 0 Å². The van der Waals surface area contributed by atoms with Crippen molar-refractivity contribution in [1.82, 2.24) is 9.80 Å². The Morgan fingerprint density at radius 2 is 0.653 bits per heavy atom. The van der Waals surface area contributed by atoms with Crippen LogP contribution in [0.3, 0.4) is 0 Å². The van der Waals surface area contributed by atoms with Crippen LogP contribution in [0.4, 0.5) is 9.59 Å². The molecule has 12 heteroatoms. The van der Waals surface area contributed by atoms with E-state index in [2.05, 4.69) is 65.2 Å². The lowest BCUT2D eigenvalue weighted by atomic mass is 9.96. The molecule has 0 radical (unpaired) electrons. The van der Waals surface area contributed by atoms with Gasteiger partial charge < -0.3 is 33.3 Å². The average Bonchev–Trinajstić information content (AvgIpc) is 3.36. The van der Waals surface area contributed by atoms with Gasteiger partial charge in [0.15, 0.2) is 0 Å². The Bertz CT molecular complexity index is 1130. The summed E-state index contributed by atoms with van der Waals surface area (Å²) in [6.07, 6.45) is 31.7. The van der Waals surface area contributed by atoms with E-state index < -0.39 is 12.3 Å².